The summed E-state index contributed by atoms with van der Waals surface area (Å²) < 4.78 is 12.8. The van der Waals surface area contributed by atoms with Gasteiger partial charge >= 0.3 is 0 Å². The van der Waals surface area contributed by atoms with Crippen molar-refractivity contribution >= 4 is 11.6 Å². The highest BCUT2D eigenvalue weighted by molar-refractivity contribution is 6.30. The van der Waals surface area contributed by atoms with Crippen LogP contribution >= 0.6 is 11.6 Å². The van der Waals surface area contributed by atoms with Gasteiger partial charge in [0.25, 0.3) is 0 Å². The van der Waals surface area contributed by atoms with Gasteiger partial charge in [-0.25, -0.2) is 4.68 Å². The number of aromatic nitrogens is 4. The van der Waals surface area contributed by atoms with E-state index in [9.17, 15) is 0 Å². The van der Waals surface area contributed by atoms with Gasteiger partial charge in [-0.2, -0.15) is 0 Å². The standard InChI is InChI=1S/C22H25ClN6O2/c1-2-27-9-11-28(12-10-27)21(17-4-6-18(23)7-5-17)22-24-25-26-29(22)14-16-3-8-19-20(13-16)31-15-30-19/h3-8,13,21H,2,9-12,14-15H2,1H3/t21-/m1/s1. The fourth-order valence-corrected chi connectivity index (χ4v) is 4.36. The average molecular weight is 441 g/mol. The summed E-state index contributed by atoms with van der Waals surface area (Å²) in [5, 5.41) is 13.5. The Morgan fingerprint density at radius 3 is 2.55 bits per heavy atom. The minimum absolute atomic E-state index is 0.0414. The first-order valence-electron chi connectivity index (χ1n) is 10.6. The van der Waals surface area contributed by atoms with Crippen molar-refractivity contribution in [3.63, 3.8) is 0 Å². The Labute approximate surface area is 186 Å². The van der Waals surface area contributed by atoms with Crippen molar-refractivity contribution in [1.82, 2.24) is 30.0 Å². The van der Waals surface area contributed by atoms with Crippen LogP contribution in [0.1, 0.15) is 29.9 Å². The van der Waals surface area contributed by atoms with Gasteiger partial charge in [0, 0.05) is 31.2 Å². The number of likely N-dealkylation sites (N-methyl/N-ethyl adjacent to an activating group) is 1. The summed E-state index contributed by atoms with van der Waals surface area (Å²) in [6.07, 6.45) is 0. The van der Waals surface area contributed by atoms with E-state index in [1.165, 1.54) is 0 Å². The van der Waals surface area contributed by atoms with Gasteiger partial charge in [0.1, 0.15) is 0 Å². The first-order valence-corrected chi connectivity index (χ1v) is 11.0. The zero-order valence-electron chi connectivity index (χ0n) is 17.4. The smallest absolute Gasteiger partial charge is 0.231 e. The van der Waals surface area contributed by atoms with E-state index in [0.717, 1.165) is 66.2 Å². The number of hydrogen-bond donors (Lipinski definition) is 0. The van der Waals surface area contributed by atoms with E-state index in [0.29, 0.717) is 6.54 Å². The number of halogens is 1. The van der Waals surface area contributed by atoms with Crippen LogP contribution in [0.25, 0.3) is 0 Å². The third kappa shape index (κ3) is 4.23. The van der Waals surface area contributed by atoms with E-state index in [4.69, 9.17) is 21.1 Å². The summed E-state index contributed by atoms with van der Waals surface area (Å²) in [5.41, 5.74) is 2.19. The van der Waals surface area contributed by atoms with Gasteiger partial charge in [-0.15, -0.1) is 5.10 Å². The van der Waals surface area contributed by atoms with Crippen molar-refractivity contribution in [3.8, 4) is 11.5 Å². The first-order chi connectivity index (χ1) is 15.2. The minimum atomic E-state index is -0.0414. The third-order valence-electron chi connectivity index (χ3n) is 5.98. The maximum absolute atomic E-state index is 6.16. The molecular weight excluding hydrogens is 416 g/mol. The van der Waals surface area contributed by atoms with Crippen LogP contribution < -0.4 is 9.47 Å². The number of hydrogen-bond acceptors (Lipinski definition) is 7. The first kappa shape index (κ1) is 20.2. The highest BCUT2D eigenvalue weighted by Gasteiger charge is 2.30. The number of nitrogens with zero attached hydrogens (tertiary/aromatic N) is 6. The van der Waals surface area contributed by atoms with Gasteiger partial charge in [0.15, 0.2) is 17.3 Å². The number of ether oxygens (including phenoxy) is 2. The molecule has 2 aromatic carbocycles. The lowest BCUT2D eigenvalue weighted by Crippen LogP contribution is -2.48. The normalized spacial score (nSPS) is 17.7. The second-order valence-corrected chi connectivity index (χ2v) is 8.24. The summed E-state index contributed by atoms with van der Waals surface area (Å²) >= 11 is 6.16. The zero-order chi connectivity index (χ0) is 21.2. The van der Waals surface area contributed by atoms with Crippen LogP contribution in [0, 0.1) is 0 Å². The van der Waals surface area contributed by atoms with Crippen LogP contribution in [-0.2, 0) is 6.54 Å². The molecule has 0 saturated carbocycles. The summed E-state index contributed by atoms with van der Waals surface area (Å²) in [5.74, 6) is 2.36. The molecule has 0 amide bonds. The van der Waals surface area contributed by atoms with Gasteiger partial charge in [-0.3, -0.25) is 4.90 Å². The number of piperazine rings is 1. The SMILES string of the molecule is CCN1CCN([C@H](c2ccc(Cl)cc2)c2nnnn2Cc2ccc3c(c2)OCO3)CC1. The lowest BCUT2D eigenvalue weighted by atomic mass is 10.0. The minimum Gasteiger partial charge on any atom is -0.454 e. The van der Waals surface area contributed by atoms with E-state index >= 15 is 0 Å². The van der Waals surface area contributed by atoms with Crippen molar-refractivity contribution in [2.75, 3.05) is 39.5 Å². The molecule has 0 aliphatic carbocycles. The lowest BCUT2D eigenvalue weighted by Gasteiger charge is -2.38. The van der Waals surface area contributed by atoms with Gasteiger partial charge in [-0.05, 0) is 52.4 Å². The molecule has 5 rings (SSSR count). The number of benzene rings is 2. The second-order valence-electron chi connectivity index (χ2n) is 7.81. The maximum Gasteiger partial charge on any atom is 0.231 e. The average Bonchev–Trinajstić information content (AvgIpc) is 3.45. The Morgan fingerprint density at radius 2 is 1.77 bits per heavy atom. The molecule has 31 heavy (non-hydrogen) atoms. The molecule has 1 atom stereocenters. The largest absolute Gasteiger partial charge is 0.454 e. The second kappa shape index (κ2) is 8.82. The highest BCUT2D eigenvalue weighted by Crippen LogP contribution is 2.33. The third-order valence-corrected chi connectivity index (χ3v) is 6.23. The molecule has 1 aromatic heterocycles. The van der Waals surface area contributed by atoms with Crippen molar-refractivity contribution in [2.24, 2.45) is 0 Å². The quantitative estimate of drug-likeness (QED) is 0.583. The van der Waals surface area contributed by atoms with Crippen LogP contribution in [0.5, 0.6) is 11.5 Å². The molecule has 3 aromatic rings. The molecule has 9 heteroatoms. The molecule has 0 N–H and O–H groups in total. The molecule has 3 heterocycles. The number of tetrazole rings is 1. The summed E-state index contributed by atoms with van der Waals surface area (Å²) in [6, 6.07) is 13.9. The summed E-state index contributed by atoms with van der Waals surface area (Å²) in [7, 11) is 0. The van der Waals surface area contributed by atoms with Crippen LogP contribution in [0.4, 0.5) is 0 Å². The molecule has 162 valence electrons. The van der Waals surface area contributed by atoms with Crippen LogP contribution in [0.15, 0.2) is 42.5 Å². The molecular formula is C22H25ClN6O2. The topological polar surface area (TPSA) is 68.5 Å². The summed E-state index contributed by atoms with van der Waals surface area (Å²) in [4.78, 5) is 4.92. The molecule has 0 radical (unpaired) electrons. The number of fused-ring (bicyclic) bond motifs is 1. The van der Waals surface area contributed by atoms with E-state index < -0.39 is 0 Å². The van der Waals surface area contributed by atoms with E-state index in [-0.39, 0.29) is 12.8 Å². The lowest BCUT2D eigenvalue weighted by molar-refractivity contribution is 0.108. The van der Waals surface area contributed by atoms with Crippen molar-refractivity contribution in [3.05, 3.63) is 64.4 Å². The highest BCUT2D eigenvalue weighted by atomic mass is 35.5. The predicted octanol–water partition coefficient (Wildman–Crippen LogP) is 2.83. The van der Waals surface area contributed by atoms with Crippen LogP contribution in [0.2, 0.25) is 5.02 Å². The van der Waals surface area contributed by atoms with E-state index in [2.05, 4.69) is 44.4 Å². The molecule has 2 aliphatic rings. The van der Waals surface area contributed by atoms with Gasteiger partial charge in [0.2, 0.25) is 6.79 Å². The predicted molar refractivity (Wildman–Crippen MR) is 116 cm³/mol. The molecule has 8 nitrogen and oxygen atoms in total. The molecule has 1 saturated heterocycles. The molecule has 0 spiro atoms. The molecule has 0 bridgehead atoms. The van der Waals surface area contributed by atoms with Gasteiger partial charge < -0.3 is 14.4 Å². The van der Waals surface area contributed by atoms with Gasteiger partial charge in [-0.1, -0.05) is 36.7 Å². The van der Waals surface area contributed by atoms with Crippen molar-refractivity contribution < 1.29 is 9.47 Å². The monoisotopic (exact) mass is 440 g/mol. The van der Waals surface area contributed by atoms with Gasteiger partial charge in [0.05, 0.1) is 12.6 Å². The molecule has 1 fully saturated rings. The zero-order valence-corrected chi connectivity index (χ0v) is 18.2. The van der Waals surface area contributed by atoms with Crippen molar-refractivity contribution in [2.45, 2.75) is 19.5 Å². The fourth-order valence-electron chi connectivity index (χ4n) is 4.24. The summed E-state index contributed by atoms with van der Waals surface area (Å²) in [6.45, 7) is 8.07. The van der Waals surface area contributed by atoms with Crippen LogP contribution in [0.3, 0.4) is 0 Å². The van der Waals surface area contributed by atoms with E-state index in [1.54, 1.807) is 0 Å². The maximum atomic E-state index is 6.16. The molecule has 2 aliphatic heterocycles. The van der Waals surface area contributed by atoms with Crippen LogP contribution in [-0.4, -0.2) is 69.5 Å². The Kier molecular flexibility index (Phi) is 5.76. The Hall–Kier alpha value is -2.68. The van der Waals surface area contributed by atoms with E-state index in [1.807, 2.05) is 35.0 Å². The number of rotatable bonds is 6. The molecule has 0 unspecified atom stereocenters. The Morgan fingerprint density at radius 1 is 1.00 bits per heavy atom. The Balaban J connectivity index is 1.46. The Bertz CT molecular complexity index is 1030. The fraction of sp³-hybridized carbons (Fsp3) is 0.409. The van der Waals surface area contributed by atoms with Crippen molar-refractivity contribution in [1.29, 1.82) is 0 Å².